The fourth-order valence-electron chi connectivity index (χ4n) is 0.353. The number of hydrogen-bond donors (Lipinski definition) is 1. The van der Waals surface area contributed by atoms with Crippen molar-refractivity contribution in [2.75, 3.05) is 12.5 Å². The molecule has 5 heteroatoms. The van der Waals surface area contributed by atoms with E-state index in [4.69, 9.17) is 0 Å². The van der Waals surface area contributed by atoms with Gasteiger partial charge in [0.2, 0.25) is 0 Å². The van der Waals surface area contributed by atoms with Crippen molar-refractivity contribution in [1.82, 2.24) is 15.1 Å². The van der Waals surface area contributed by atoms with Crippen LogP contribution in [0.5, 0.6) is 0 Å². The summed E-state index contributed by atoms with van der Waals surface area (Å²) in [6.45, 7) is 0. The second-order valence-electron chi connectivity index (χ2n) is 1.21. The lowest BCUT2D eigenvalue weighted by atomic mass is 11.0. The van der Waals surface area contributed by atoms with Crippen LogP contribution in [0.4, 0.5) is 0 Å². The Morgan fingerprint density at radius 1 is 1.88 bits per heavy atom. The van der Waals surface area contributed by atoms with Gasteiger partial charge in [0.25, 0.3) is 0 Å². The van der Waals surface area contributed by atoms with E-state index in [0.717, 1.165) is 3.70 Å². The minimum atomic E-state index is 0.886. The van der Waals surface area contributed by atoms with Crippen molar-refractivity contribution in [3.63, 3.8) is 0 Å². The topological polar surface area (TPSA) is 42.7 Å². The van der Waals surface area contributed by atoms with Crippen molar-refractivity contribution in [3.8, 4) is 0 Å². The Morgan fingerprint density at radius 3 is 2.88 bits per heavy atom. The van der Waals surface area contributed by atoms with Gasteiger partial charge in [0, 0.05) is 7.05 Å². The molecule has 8 heavy (non-hydrogen) atoms. The van der Waals surface area contributed by atoms with Crippen LogP contribution in [-0.4, -0.2) is 22.2 Å². The van der Waals surface area contributed by atoms with E-state index in [0.29, 0.717) is 0 Å². The first kappa shape index (κ1) is 5.80. The largest absolute Gasteiger partial charge is 0.312 e. The summed E-state index contributed by atoms with van der Waals surface area (Å²) in [6.07, 6.45) is 1.79. The van der Waals surface area contributed by atoms with Crippen LogP contribution in [-0.2, 0) is 0 Å². The van der Waals surface area contributed by atoms with Gasteiger partial charge in [0.1, 0.15) is 3.70 Å². The molecule has 0 unspecified atom stereocenters. The maximum absolute atomic E-state index is 3.72. The molecule has 0 fully saturated rings. The van der Waals surface area contributed by atoms with Gasteiger partial charge in [-0.2, -0.15) is 4.79 Å². The quantitative estimate of drug-likeness (QED) is 0.685. The molecule has 0 aliphatic heterocycles. The Morgan fingerprint density at radius 2 is 2.62 bits per heavy atom. The maximum Gasteiger partial charge on any atom is 0.145 e. The second-order valence-corrected chi connectivity index (χ2v) is 2.31. The molecule has 0 aromatic carbocycles. The van der Waals surface area contributed by atoms with Crippen molar-refractivity contribution >= 4 is 22.6 Å². The minimum absolute atomic E-state index is 0.886. The summed E-state index contributed by atoms with van der Waals surface area (Å²) in [5, 5.41) is 7.41. The molecule has 0 saturated heterocycles. The molecule has 4 nitrogen and oxygen atoms in total. The van der Waals surface area contributed by atoms with E-state index in [-0.39, 0.29) is 0 Å². The standard InChI is InChI=1S/C3H5IN4/c1-5-8-2-3(4)6-7-8/h2,5H,1H3. The molecule has 0 spiro atoms. The number of halogens is 1. The zero-order valence-electron chi connectivity index (χ0n) is 4.30. The zero-order valence-corrected chi connectivity index (χ0v) is 6.45. The molecule has 0 radical (unpaired) electrons. The van der Waals surface area contributed by atoms with Crippen LogP contribution in [0.2, 0.25) is 0 Å². The highest BCUT2D eigenvalue weighted by molar-refractivity contribution is 14.1. The number of hydrogen-bond acceptors (Lipinski definition) is 3. The van der Waals surface area contributed by atoms with E-state index in [1.807, 2.05) is 0 Å². The lowest BCUT2D eigenvalue weighted by Gasteiger charge is -1.90. The average Bonchev–Trinajstić information content (AvgIpc) is 2.14. The number of nitrogens with one attached hydrogen (secondary N) is 1. The van der Waals surface area contributed by atoms with Gasteiger partial charge in [-0.15, -0.1) is 5.10 Å². The van der Waals surface area contributed by atoms with Crippen LogP contribution in [0.1, 0.15) is 0 Å². The molecule has 44 valence electrons. The Balaban J connectivity index is 2.84. The van der Waals surface area contributed by atoms with Crippen molar-refractivity contribution in [2.45, 2.75) is 0 Å². The van der Waals surface area contributed by atoms with Crippen LogP contribution in [0.25, 0.3) is 0 Å². The molecule has 1 N–H and O–H groups in total. The highest BCUT2D eigenvalue weighted by Crippen LogP contribution is 1.93. The van der Waals surface area contributed by atoms with E-state index < -0.39 is 0 Å². The molecular formula is C3H5IN4. The first-order valence-electron chi connectivity index (χ1n) is 2.08. The smallest absolute Gasteiger partial charge is 0.145 e. The Bertz CT molecular complexity index is 172. The fourth-order valence-corrected chi connectivity index (χ4v) is 0.713. The van der Waals surface area contributed by atoms with E-state index in [2.05, 4.69) is 38.3 Å². The lowest BCUT2D eigenvalue weighted by molar-refractivity contribution is 0.727. The number of nitrogens with zero attached hydrogens (tertiary/aromatic N) is 3. The fraction of sp³-hybridized carbons (Fsp3) is 0.333. The van der Waals surface area contributed by atoms with E-state index in [1.54, 1.807) is 18.0 Å². The SMILES string of the molecule is CNn1cc(I)nn1. The molecule has 1 rings (SSSR count). The van der Waals surface area contributed by atoms with E-state index in [9.17, 15) is 0 Å². The van der Waals surface area contributed by atoms with Crippen LogP contribution >= 0.6 is 22.6 Å². The first-order chi connectivity index (χ1) is 3.83. The predicted octanol–water partition coefficient (Wildman–Crippen LogP) is 0.0560. The molecule has 0 bridgehead atoms. The highest BCUT2D eigenvalue weighted by Gasteiger charge is 1.89. The molecule has 0 aliphatic rings. The van der Waals surface area contributed by atoms with Crippen LogP contribution in [0, 0.1) is 3.70 Å². The van der Waals surface area contributed by atoms with Gasteiger partial charge >= 0.3 is 0 Å². The zero-order chi connectivity index (χ0) is 5.98. The van der Waals surface area contributed by atoms with Crippen molar-refractivity contribution in [3.05, 3.63) is 9.90 Å². The summed E-state index contributed by atoms with van der Waals surface area (Å²) in [7, 11) is 1.78. The number of aromatic nitrogens is 3. The highest BCUT2D eigenvalue weighted by atomic mass is 127. The van der Waals surface area contributed by atoms with Crippen LogP contribution in [0.3, 0.4) is 0 Å². The third-order valence-corrected chi connectivity index (χ3v) is 1.19. The predicted molar refractivity (Wildman–Crippen MR) is 38.0 cm³/mol. The van der Waals surface area contributed by atoms with Gasteiger partial charge < -0.3 is 5.43 Å². The first-order valence-corrected chi connectivity index (χ1v) is 3.16. The normalized spacial score (nSPS) is 9.25. The third kappa shape index (κ3) is 1.09. The average molecular weight is 224 g/mol. The van der Waals surface area contributed by atoms with Crippen molar-refractivity contribution in [1.29, 1.82) is 0 Å². The molecule has 0 saturated carbocycles. The summed E-state index contributed by atoms with van der Waals surface area (Å²) in [5.74, 6) is 0. The third-order valence-electron chi connectivity index (χ3n) is 0.695. The van der Waals surface area contributed by atoms with Crippen molar-refractivity contribution < 1.29 is 0 Å². The summed E-state index contributed by atoms with van der Waals surface area (Å²) in [6, 6.07) is 0. The van der Waals surface area contributed by atoms with Crippen LogP contribution in [0.15, 0.2) is 6.20 Å². The van der Waals surface area contributed by atoms with Gasteiger partial charge in [0.05, 0.1) is 6.20 Å². The van der Waals surface area contributed by atoms with E-state index >= 15 is 0 Å². The van der Waals surface area contributed by atoms with E-state index in [1.165, 1.54) is 0 Å². The lowest BCUT2D eigenvalue weighted by Crippen LogP contribution is -2.08. The van der Waals surface area contributed by atoms with Gasteiger partial charge in [0.15, 0.2) is 0 Å². The van der Waals surface area contributed by atoms with Crippen molar-refractivity contribution in [2.24, 2.45) is 0 Å². The minimum Gasteiger partial charge on any atom is -0.312 e. The molecular weight excluding hydrogens is 219 g/mol. The summed E-state index contributed by atoms with van der Waals surface area (Å²) in [4.78, 5) is 1.54. The summed E-state index contributed by atoms with van der Waals surface area (Å²) in [5.41, 5.74) is 2.79. The molecule has 0 amide bonds. The molecule has 0 aliphatic carbocycles. The second kappa shape index (κ2) is 2.29. The maximum atomic E-state index is 3.72. The molecule has 1 heterocycles. The van der Waals surface area contributed by atoms with Gasteiger partial charge in [-0.25, -0.2) is 0 Å². The van der Waals surface area contributed by atoms with Crippen LogP contribution < -0.4 is 5.43 Å². The Kier molecular flexibility index (Phi) is 1.66. The molecule has 1 aromatic heterocycles. The Labute approximate surface area is 60.4 Å². The summed E-state index contributed by atoms with van der Waals surface area (Å²) < 4.78 is 0.886. The monoisotopic (exact) mass is 224 g/mol. The van der Waals surface area contributed by atoms with Gasteiger partial charge in [-0.1, -0.05) is 0 Å². The molecule has 1 aromatic rings. The summed E-state index contributed by atoms with van der Waals surface area (Å²) >= 11 is 2.09. The van der Waals surface area contributed by atoms with Gasteiger partial charge in [-0.05, 0) is 27.8 Å². The van der Waals surface area contributed by atoms with Gasteiger partial charge in [-0.3, -0.25) is 0 Å². The Hall–Kier alpha value is -0.330. The number of rotatable bonds is 1. The molecule has 0 atom stereocenters.